The van der Waals surface area contributed by atoms with Crippen LogP contribution < -0.4 is 11.1 Å². The zero-order chi connectivity index (χ0) is 12.1. The van der Waals surface area contributed by atoms with Gasteiger partial charge in [0.05, 0.1) is 7.11 Å². The van der Waals surface area contributed by atoms with Crippen LogP contribution in [0.5, 0.6) is 0 Å². The number of carbonyl (C=O) groups excluding carboxylic acids is 1. The molecule has 1 amide bonds. The lowest BCUT2D eigenvalue weighted by atomic mass is 10.2. The lowest BCUT2D eigenvalue weighted by molar-refractivity contribution is -0.0756. The third-order valence-corrected chi connectivity index (χ3v) is 2.06. The number of amides is 1. The van der Waals surface area contributed by atoms with Gasteiger partial charge in [0, 0.05) is 18.3 Å². The summed E-state index contributed by atoms with van der Waals surface area (Å²) in [6.07, 6.45) is 0. The molecule has 0 bridgehead atoms. The molecule has 0 heterocycles. The highest BCUT2D eigenvalue weighted by Gasteiger charge is 2.10. The van der Waals surface area contributed by atoms with E-state index in [-0.39, 0.29) is 11.0 Å². The summed E-state index contributed by atoms with van der Waals surface area (Å²) in [5.41, 5.74) is 6.58. The zero-order valence-corrected chi connectivity index (χ0v) is 9.88. The Labute approximate surface area is 99.1 Å². The van der Waals surface area contributed by atoms with E-state index in [1.807, 2.05) is 0 Å². The van der Waals surface area contributed by atoms with Crippen molar-refractivity contribution in [1.82, 2.24) is 5.06 Å². The number of nitrogens with two attached hydrogens (primary N) is 1. The Bertz CT molecular complexity index is 392. The number of anilines is 1. The molecule has 0 radical (unpaired) electrons. The topological polar surface area (TPSA) is 67.6 Å². The van der Waals surface area contributed by atoms with Crippen molar-refractivity contribution in [3.8, 4) is 0 Å². The first-order chi connectivity index (χ1) is 7.54. The molecule has 0 atom stereocenters. The van der Waals surface area contributed by atoms with Crippen LogP contribution >= 0.6 is 12.2 Å². The Morgan fingerprint density at radius 1 is 1.44 bits per heavy atom. The van der Waals surface area contributed by atoms with E-state index in [1.165, 1.54) is 7.11 Å². The van der Waals surface area contributed by atoms with E-state index in [1.54, 1.807) is 31.3 Å². The van der Waals surface area contributed by atoms with Crippen molar-refractivity contribution >= 4 is 28.9 Å². The van der Waals surface area contributed by atoms with E-state index in [9.17, 15) is 4.79 Å². The number of thiocarbonyl (C=S) groups is 1. The highest BCUT2D eigenvalue weighted by molar-refractivity contribution is 7.80. The van der Waals surface area contributed by atoms with Gasteiger partial charge in [0.15, 0.2) is 5.11 Å². The average Bonchev–Trinajstić information content (AvgIpc) is 2.27. The zero-order valence-electron chi connectivity index (χ0n) is 9.06. The molecule has 5 nitrogen and oxygen atoms in total. The van der Waals surface area contributed by atoms with Crippen molar-refractivity contribution in [3.05, 3.63) is 29.8 Å². The van der Waals surface area contributed by atoms with Crippen molar-refractivity contribution in [2.24, 2.45) is 5.73 Å². The number of hydrogen-bond acceptors (Lipinski definition) is 3. The minimum Gasteiger partial charge on any atom is -0.376 e. The quantitative estimate of drug-likeness (QED) is 0.608. The monoisotopic (exact) mass is 239 g/mol. The van der Waals surface area contributed by atoms with Crippen LogP contribution in [-0.2, 0) is 4.84 Å². The van der Waals surface area contributed by atoms with Crippen LogP contribution in [0.15, 0.2) is 24.3 Å². The molecule has 0 aliphatic rings. The number of hydroxylamine groups is 2. The summed E-state index contributed by atoms with van der Waals surface area (Å²) >= 11 is 4.69. The third kappa shape index (κ3) is 3.18. The van der Waals surface area contributed by atoms with Crippen LogP contribution in [0.2, 0.25) is 0 Å². The second-order valence-electron chi connectivity index (χ2n) is 3.05. The van der Waals surface area contributed by atoms with Crippen molar-refractivity contribution in [2.45, 2.75) is 0 Å². The van der Waals surface area contributed by atoms with Crippen LogP contribution in [-0.4, -0.2) is 30.2 Å². The second kappa shape index (κ2) is 5.43. The number of nitrogens with zero attached hydrogens (tertiary/aromatic N) is 1. The molecule has 6 heteroatoms. The van der Waals surface area contributed by atoms with Crippen LogP contribution in [0, 0.1) is 0 Å². The SMILES string of the molecule is CON(C)C(=O)c1ccc(NC(N)=S)cc1. The summed E-state index contributed by atoms with van der Waals surface area (Å²) in [6, 6.07) is 6.77. The molecule has 1 aromatic rings. The molecule has 0 fully saturated rings. The standard InChI is InChI=1S/C10H13N3O2S/c1-13(15-2)9(14)7-3-5-8(6-4-7)12-10(11)16/h3-6H,1-2H3,(H3,11,12,16). The van der Waals surface area contributed by atoms with Gasteiger partial charge in [0.1, 0.15) is 0 Å². The van der Waals surface area contributed by atoms with Crippen LogP contribution in [0.25, 0.3) is 0 Å². The molecule has 3 N–H and O–H groups in total. The molecule has 1 aromatic carbocycles. The first kappa shape index (κ1) is 12.4. The molecular formula is C10H13N3O2S. The maximum absolute atomic E-state index is 11.6. The number of rotatable bonds is 3. The minimum atomic E-state index is -0.218. The molecular weight excluding hydrogens is 226 g/mol. The predicted octanol–water partition coefficient (Wildman–Crippen LogP) is 0.976. The summed E-state index contributed by atoms with van der Waals surface area (Å²) in [4.78, 5) is 16.4. The van der Waals surface area contributed by atoms with Crippen molar-refractivity contribution < 1.29 is 9.63 Å². The van der Waals surface area contributed by atoms with E-state index < -0.39 is 0 Å². The van der Waals surface area contributed by atoms with Gasteiger partial charge in [-0.1, -0.05) is 0 Å². The minimum absolute atomic E-state index is 0.188. The summed E-state index contributed by atoms with van der Waals surface area (Å²) in [5, 5.41) is 4.10. The van der Waals surface area contributed by atoms with Gasteiger partial charge in [0.2, 0.25) is 0 Å². The first-order valence-corrected chi connectivity index (χ1v) is 4.94. The summed E-state index contributed by atoms with van der Waals surface area (Å²) in [5.74, 6) is -0.218. The normalized spacial score (nSPS) is 9.62. The first-order valence-electron chi connectivity index (χ1n) is 4.53. The molecule has 0 saturated carbocycles. The van der Waals surface area contributed by atoms with Gasteiger partial charge in [-0.2, -0.15) is 0 Å². The Morgan fingerprint density at radius 3 is 2.44 bits per heavy atom. The van der Waals surface area contributed by atoms with Crippen LogP contribution in [0.1, 0.15) is 10.4 Å². The molecule has 16 heavy (non-hydrogen) atoms. The highest BCUT2D eigenvalue weighted by atomic mass is 32.1. The molecule has 86 valence electrons. The smallest absolute Gasteiger partial charge is 0.277 e. The predicted molar refractivity (Wildman–Crippen MR) is 66.0 cm³/mol. The maximum atomic E-state index is 11.6. The van der Waals surface area contributed by atoms with Crippen LogP contribution in [0.4, 0.5) is 5.69 Å². The molecule has 0 aliphatic carbocycles. The fourth-order valence-electron chi connectivity index (χ4n) is 1.10. The summed E-state index contributed by atoms with van der Waals surface area (Å²) in [6.45, 7) is 0. The fourth-order valence-corrected chi connectivity index (χ4v) is 1.22. The van der Waals surface area contributed by atoms with Crippen molar-refractivity contribution in [2.75, 3.05) is 19.5 Å². The van der Waals surface area contributed by atoms with E-state index >= 15 is 0 Å². The largest absolute Gasteiger partial charge is 0.376 e. The Morgan fingerprint density at radius 2 is 2.00 bits per heavy atom. The lowest BCUT2D eigenvalue weighted by Gasteiger charge is -2.13. The van der Waals surface area contributed by atoms with Gasteiger partial charge >= 0.3 is 0 Å². The maximum Gasteiger partial charge on any atom is 0.277 e. The van der Waals surface area contributed by atoms with Crippen LogP contribution in [0.3, 0.4) is 0 Å². The van der Waals surface area contributed by atoms with E-state index in [0.717, 1.165) is 10.8 Å². The Kier molecular flexibility index (Phi) is 4.21. The fraction of sp³-hybridized carbons (Fsp3) is 0.200. The third-order valence-electron chi connectivity index (χ3n) is 1.96. The van der Waals surface area contributed by atoms with Crippen molar-refractivity contribution in [1.29, 1.82) is 0 Å². The lowest BCUT2D eigenvalue weighted by Crippen LogP contribution is -2.25. The Hall–Kier alpha value is -1.66. The van der Waals surface area contributed by atoms with E-state index in [0.29, 0.717) is 5.56 Å². The van der Waals surface area contributed by atoms with Gasteiger partial charge in [-0.05, 0) is 36.5 Å². The van der Waals surface area contributed by atoms with Crippen molar-refractivity contribution in [3.63, 3.8) is 0 Å². The Balaban J connectivity index is 2.78. The summed E-state index contributed by atoms with van der Waals surface area (Å²) in [7, 11) is 2.98. The van der Waals surface area contributed by atoms with Gasteiger partial charge in [-0.15, -0.1) is 0 Å². The number of carbonyl (C=O) groups is 1. The van der Waals surface area contributed by atoms with E-state index in [4.69, 9.17) is 22.8 Å². The number of nitrogens with one attached hydrogen (secondary N) is 1. The second-order valence-corrected chi connectivity index (χ2v) is 3.49. The molecule has 0 unspecified atom stereocenters. The van der Waals surface area contributed by atoms with Gasteiger partial charge < -0.3 is 11.1 Å². The molecule has 0 aliphatic heterocycles. The van der Waals surface area contributed by atoms with Gasteiger partial charge in [0.25, 0.3) is 5.91 Å². The average molecular weight is 239 g/mol. The number of benzene rings is 1. The summed E-state index contributed by atoms with van der Waals surface area (Å²) < 4.78 is 0. The molecule has 0 saturated heterocycles. The van der Waals surface area contributed by atoms with Gasteiger partial charge in [-0.25, -0.2) is 5.06 Å². The molecule has 1 rings (SSSR count). The molecule has 0 aromatic heterocycles. The highest BCUT2D eigenvalue weighted by Crippen LogP contribution is 2.10. The van der Waals surface area contributed by atoms with E-state index in [2.05, 4.69) is 5.32 Å². The van der Waals surface area contributed by atoms with Gasteiger partial charge in [-0.3, -0.25) is 9.63 Å². The molecule has 0 spiro atoms. The number of hydrogen-bond donors (Lipinski definition) is 2.